The number of nitrogens with zero attached hydrogens (tertiary/aromatic N) is 1. The molecule has 0 aliphatic rings. The second-order valence-corrected chi connectivity index (χ2v) is 4.22. The monoisotopic (exact) mass is 291 g/mol. The Balaban J connectivity index is 2.53. The summed E-state index contributed by atoms with van der Waals surface area (Å²) in [5, 5.41) is 4.42. The zero-order valence-electron chi connectivity index (χ0n) is 11.0. The molecular formula is C12H16F3N3O2. The number of carbonyl (C=O) groups is 1. The SMILES string of the molecule is CCCn1cc(NC(=O)CNCC(F)(F)F)ccc1=O. The fraction of sp³-hybridized carbons (Fsp3) is 0.500. The largest absolute Gasteiger partial charge is 0.401 e. The molecule has 0 fully saturated rings. The summed E-state index contributed by atoms with van der Waals surface area (Å²) in [4.78, 5) is 22.9. The minimum Gasteiger partial charge on any atom is -0.324 e. The van der Waals surface area contributed by atoms with Gasteiger partial charge in [-0.05, 0) is 12.5 Å². The van der Waals surface area contributed by atoms with Gasteiger partial charge in [0.05, 0.1) is 18.8 Å². The fourth-order valence-electron chi connectivity index (χ4n) is 1.54. The zero-order chi connectivity index (χ0) is 15.2. The van der Waals surface area contributed by atoms with E-state index in [0.717, 1.165) is 6.42 Å². The molecule has 1 aromatic rings. The highest BCUT2D eigenvalue weighted by Gasteiger charge is 2.26. The van der Waals surface area contributed by atoms with Crippen LogP contribution in [0.15, 0.2) is 23.1 Å². The lowest BCUT2D eigenvalue weighted by Gasteiger charge is -2.10. The third-order valence-corrected chi connectivity index (χ3v) is 2.34. The number of anilines is 1. The molecule has 0 aliphatic heterocycles. The van der Waals surface area contributed by atoms with Gasteiger partial charge >= 0.3 is 6.18 Å². The number of amides is 1. The maximum atomic E-state index is 11.9. The van der Waals surface area contributed by atoms with Gasteiger partial charge in [-0.2, -0.15) is 13.2 Å². The van der Waals surface area contributed by atoms with Crippen molar-refractivity contribution in [3.8, 4) is 0 Å². The fourth-order valence-corrected chi connectivity index (χ4v) is 1.54. The Labute approximate surface area is 113 Å². The Morgan fingerprint density at radius 1 is 1.35 bits per heavy atom. The van der Waals surface area contributed by atoms with E-state index in [9.17, 15) is 22.8 Å². The molecule has 1 amide bonds. The number of pyridine rings is 1. The summed E-state index contributed by atoms with van der Waals surface area (Å²) >= 11 is 0. The molecule has 1 rings (SSSR count). The van der Waals surface area contributed by atoms with Gasteiger partial charge in [0, 0.05) is 18.8 Å². The van der Waals surface area contributed by atoms with Gasteiger partial charge in [-0.25, -0.2) is 0 Å². The van der Waals surface area contributed by atoms with Crippen LogP contribution < -0.4 is 16.2 Å². The number of hydrogen-bond donors (Lipinski definition) is 2. The van der Waals surface area contributed by atoms with Crippen molar-refractivity contribution in [3.63, 3.8) is 0 Å². The van der Waals surface area contributed by atoms with Crippen molar-refractivity contribution < 1.29 is 18.0 Å². The minimum atomic E-state index is -4.35. The molecule has 8 heteroatoms. The Kier molecular flexibility index (Phi) is 5.75. The molecule has 0 spiro atoms. The van der Waals surface area contributed by atoms with Gasteiger partial charge in [0.2, 0.25) is 5.91 Å². The maximum Gasteiger partial charge on any atom is 0.401 e. The van der Waals surface area contributed by atoms with Crippen molar-refractivity contribution in [2.24, 2.45) is 0 Å². The third kappa shape index (κ3) is 5.87. The molecule has 0 saturated heterocycles. The van der Waals surface area contributed by atoms with Crippen LogP contribution in [-0.2, 0) is 11.3 Å². The van der Waals surface area contributed by atoms with Crippen LogP contribution >= 0.6 is 0 Å². The van der Waals surface area contributed by atoms with Gasteiger partial charge in [0.25, 0.3) is 5.56 Å². The third-order valence-electron chi connectivity index (χ3n) is 2.34. The standard InChI is InChI=1S/C12H16F3N3O2/c1-2-5-18-7-9(3-4-11(18)20)17-10(19)6-16-8-12(13,14)15/h3-4,7,16H,2,5-6,8H2,1H3,(H,17,19). The number of aryl methyl sites for hydroxylation is 1. The summed E-state index contributed by atoms with van der Waals surface area (Å²) in [6, 6.07) is 2.71. The molecule has 112 valence electrons. The molecule has 0 aliphatic carbocycles. The predicted molar refractivity (Wildman–Crippen MR) is 68.5 cm³/mol. The molecule has 5 nitrogen and oxygen atoms in total. The molecule has 20 heavy (non-hydrogen) atoms. The van der Waals surface area contributed by atoms with Gasteiger partial charge in [-0.1, -0.05) is 6.92 Å². The normalized spacial score (nSPS) is 11.4. The van der Waals surface area contributed by atoms with Crippen LogP contribution in [0.4, 0.5) is 18.9 Å². The highest BCUT2D eigenvalue weighted by Crippen LogP contribution is 2.11. The Bertz CT molecular complexity index is 511. The molecule has 0 radical (unpaired) electrons. The van der Waals surface area contributed by atoms with E-state index in [0.29, 0.717) is 12.2 Å². The lowest BCUT2D eigenvalue weighted by atomic mass is 10.3. The van der Waals surface area contributed by atoms with Crippen LogP contribution in [0, 0.1) is 0 Å². The van der Waals surface area contributed by atoms with Crippen molar-refractivity contribution in [2.45, 2.75) is 26.1 Å². The number of alkyl halides is 3. The maximum absolute atomic E-state index is 11.9. The van der Waals surface area contributed by atoms with Crippen LogP contribution in [0.1, 0.15) is 13.3 Å². The second kappa shape index (κ2) is 7.09. The molecule has 0 bridgehead atoms. The van der Waals surface area contributed by atoms with Crippen LogP contribution in [0.2, 0.25) is 0 Å². The number of carbonyl (C=O) groups excluding carboxylic acids is 1. The summed E-state index contributed by atoms with van der Waals surface area (Å²) in [6.45, 7) is 0.732. The first kappa shape index (κ1) is 16.2. The summed E-state index contributed by atoms with van der Waals surface area (Å²) in [6.07, 6.45) is -2.13. The molecule has 0 aromatic carbocycles. The van der Waals surface area contributed by atoms with E-state index in [-0.39, 0.29) is 5.56 Å². The number of halogens is 3. The van der Waals surface area contributed by atoms with E-state index in [2.05, 4.69) is 5.32 Å². The van der Waals surface area contributed by atoms with Crippen LogP contribution in [0.25, 0.3) is 0 Å². The van der Waals surface area contributed by atoms with Crippen molar-refractivity contribution in [1.82, 2.24) is 9.88 Å². The summed E-state index contributed by atoms with van der Waals surface area (Å²) in [5.41, 5.74) is 0.178. The molecule has 0 unspecified atom stereocenters. The molecule has 0 atom stereocenters. The average Bonchev–Trinajstić information content (AvgIpc) is 2.32. The zero-order valence-corrected chi connectivity index (χ0v) is 11.0. The Hall–Kier alpha value is -1.83. The number of nitrogens with one attached hydrogen (secondary N) is 2. The Morgan fingerprint density at radius 2 is 2.05 bits per heavy atom. The van der Waals surface area contributed by atoms with Crippen LogP contribution in [0.5, 0.6) is 0 Å². The molecule has 2 N–H and O–H groups in total. The molecular weight excluding hydrogens is 275 g/mol. The topological polar surface area (TPSA) is 63.1 Å². The van der Waals surface area contributed by atoms with E-state index < -0.39 is 25.2 Å². The van der Waals surface area contributed by atoms with Gasteiger partial charge in [-0.3, -0.25) is 9.59 Å². The summed E-state index contributed by atoms with van der Waals surface area (Å²) in [7, 11) is 0. The number of hydrogen-bond acceptors (Lipinski definition) is 3. The minimum absolute atomic E-state index is 0.194. The van der Waals surface area contributed by atoms with Crippen molar-refractivity contribution in [1.29, 1.82) is 0 Å². The van der Waals surface area contributed by atoms with E-state index >= 15 is 0 Å². The predicted octanol–water partition coefficient (Wildman–Crippen LogP) is 1.35. The molecule has 0 saturated carbocycles. The lowest BCUT2D eigenvalue weighted by molar-refractivity contribution is -0.126. The van der Waals surface area contributed by atoms with Crippen molar-refractivity contribution in [3.05, 3.63) is 28.7 Å². The quantitative estimate of drug-likeness (QED) is 0.831. The van der Waals surface area contributed by atoms with Gasteiger partial charge in [0.1, 0.15) is 0 Å². The molecule has 1 aromatic heterocycles. The number of rotatable bonds is 6. The van der Waals surface area contributed by atoms with Crippen molar-refractivity contribution >= 4 is 11.6 Å². The van der Waals surface area contributed by atoms with E-state index in [4.69, 9.17) is 0 Å². The molecule has 1 heterocycles. The van der Waals surface area contributed by atoms with Gasteiger partial charge in [-0.15, -0.1) is 0 Å². The highest BCUT2D eigenvalue weighted by atomic mass is 19.4. The average molecular weight is 291 g/mol. The second-order valence-electron chi connectivity index (χ2n) is 4.22. The summed E-state index contributed by atoms with van der Waals surface area (Å²) in [5.74, 6) is -0.601. The van der Waals surface area contributed by atoms with E-state index in [1.54, 1.807) is 0 Å². The first-order valence-corrected chi connectivity index (χ1v) is 6.09. The number of aromatic nitrogens is 1. The first-order chi connectivity index (χ1) is 9.31. The van der Waals surface area contributed by atoms with E-state index in [1.165, 1.54) is 22.9 Å². The van der Waals surface area contributed by atoms with Crippen molar-refractivity contribution in [2.75, 3.05) is 18.4 Å². The Morgan fingerprint density at radius 3 is 2.65 bits per heavy atom. The van der Waals surface area contributed by atoms with Crippen LogP contribution in [-0.4, -0.2) is 29.7 Å². The van der Waals surface area contributed by atoms with Crippen LogP contribution in [0.3, 0.4) is 0 Å². The van der Waals surface area contributed by atoms with E-state index in [1.807, 2.05) is 12.2 Å². The smallest absolute Gasteiger partial charge is 0.324 e. The van der Waals surface area contributed by atoms with Gasteiger partial charge < -0.3 is 15.2 Å². The lowest BCUT2D eigenvalue weighted by Crippen LogP contribution is -2.35. The summed E-state index contributed by atoms with van der Waals surface area (Å²) < 4.78 is 37.1. The highest BCUT2D eigenvalue weighted by molar-refractivity contribution is 5.92. The first-order valence-electron chi connectivity index (χ1n) is 6.09. The van der Waals surface area contributed by atoms with Gasteiger partial charge in [0.15, 0.2) is 0 Å².